The minimum absolute atomic E-state index is 0.0629. The zero-order valence-corrected chi connectivity index (χ0v) is 10.1. The van der Waals surface area contributed by atoms with Gasteiger partial charge in [-0.2, -0.15) is 0 Å². The normalized spacial score (nSPS) is 16.6. The summed E-state index contributed by atoms with van der Waals surface area (Å²) in [5.41, 5.74) is -0.197. The van der Waals surface area contributed by atoms with Gasteiger partial charge >= 0.3 is 5.97 Å². The number of carboxylic acids is 1. The molecule has 1 aliphatic carbocycles. The number of ether oxygens (including phenoxy) is 1. The molecule has 0 amide bonds. The summed E-state index contributed by atoms with van der Waals surface area (Å²) < 4.78 is 18.9. The van der Waals surface area contributed by atoms with Crippen molar-refractivity contribution >= 4 is 17.6 Å². The number of carbonyl (C=O) groups is 1. The molecule has 1 saturated carbocycles. The van der Waals surface area contributed by atoms with Gasteiger partial charge in [0.1, 0.15) is 16.6 Å². The maximum atomic E-state index is 14.0. The molecule has 0 atom stereocenters. The van der Waals surface area contributed by atoms with Crippen LogP contribution in [0.5, 0.6) is 5.75 Å². The van der Waals surface area contributed by atoms with Gasteiger partial charge < -0.3 is 9.84 Å². The third kappa shape index (κ3) is 2.09. The van der Waals surface area contributed by atoms with Crippen LogP contribution < -0.4 is 4.74 Å². The van der Waals surface area contributed by atoms with E-state index < -0.39 is 17.2 Å². The summed E-state index contributed by atoms with van der Waals surface area (Å²) in [6.45, 7) is 0. The van der Waals surface area contributed by atoms with Crippen molar-refractivity contribution in [1.82, 2.24) is 0 Å². The Morgan fingerprint density at radius 2 is 2.24 bits per heavy atom. The van der Waals surface area contributed by atoms with Crippen LogP contribution in [-0.2, 0) is 10.2 Å². The van der Waals surface area contributed by atoms with E-state index in [0.29, 0.717) is 18.4 Å². The second kappa shape index (κ2) is 4.18. The first-order chi connectivity index (χ1) is 8.00. The standard InChI is InChI=1S/C12H12ClFO3/c1-17-8-3-2-7(11(14)10(8)13)12(4-5-12)6-9(15)16/h2-3H,4-6H2,1H3,(H,15,16). The van der Waals surface area contributed by atoms with Gasteiger partial charge in [0.15, 0.2) is 0 Å². The van der Waals surface area contributed by atoms with Crippen molar-refractivity contribution in [3.05, 3.63) is 28.5 Å². The molecule has 0 aliphatic heterocycles. The first-order valence-corrected chi connectivity index (χ1v) is 5.62. The number of halogens is 2. The molecule has 0 saturated heterocycles. The van der Waals surface area contributed by atoms with Crippen molar-refractivity contribution in [2.24, 2.45) is 0 Å². The Balaban J connectivity index is 2.40. The second-order valence-corrected chi connectivity index (χ2v) is 4.67. The van der Waals surface area contributed by atoms with E-state index in [2.05, 4.69) is 0 Å². The van der Waals surface area contributed by atoms with Crippen molar-refractivity contribution in [3.8, 4) is 5.75 Å². The number of carboxylic acid groups (broad SMARTS) is 1. The molecule has 1 aromatic rings. The zero-order chi connectivity index (χ0) is 12.6. The van der Waals surface area contributed by atoms with Gasteiger partial charge in [-0.25, -0.2) is 4.39 Å². The van der Waals surface area contributed by atoms with Crippen molar-refractivity contribution in [1.29, 1.82) is 0 Å². The van der Waals surface area contributed by atoms with E-state index in [-0.39, 0.29) is 17.2 Å². The lowest BCUT2D eigenvalue weighted by atomic mass is 9.92. The van der Waals surface area contributed by atoms with Gasteiger partial charge in [-0.3, -0.25) is 4.79 Å². The number of aliphatic carboxylic acids is 1. The minimum Gasteiger partial charge on any atom is -0.495 e. The predicted molar refractivity (Wildman–Crippen MR) is 61.1 cm³/mol. The first-order valence-electron chi connectivity index (χ1n) is 5.24. The van der Waals surface area contributed by atoms with Crippen molar-refractivity contribution in [2.75, 3.05) is 7.11 Å². The van der Waals surface area contributed by atoms with E-state index in [9.17, 15) is 9.18 Å². The summed E-state index contributed by atoms with van der Waals surface area (Å²) in [4.78, 5) is 10.8. The molecule has 1 aromatic carbocycles. The summed E-state index contributed by atoms with van der Waals surface area (Å²) in [5.74, 6) is -1.22. The third-order valence-corrected chi connectivity index (χ3v) is 3.53. The molecule has 0 spiro atoms. The average molecular weight is 259 g/mol. The van der Waals surface area contributed by atoms with Gasteiger partial charge in [-0.05, 0) is 24.5 Å². The second-order valence-electron chi connectivity index (χ2n) is 4.29. The highest BCUT2D eigenvalue weighted by Crippen LogP contribution is 2.53. The average Bonchev–Trinajstić information content (AvgIpc) is 3.01. The quantitative estimate of drug-likeness (QED) is 0.903. The molecule has 0 radical (unpaired) electrons. The molecule has 0 unspecified atom stereocenters. The number of hydrogen-bond acceptors (Lipinski definition) is 2. The van der Waals surface area contributed by atoms with E-state index in [0.717, 1.165) is 0 Å². The summed E-state index contributed by atoms with van der Waals surface area (Å²) >= 11 is 5.82. The van der Waals surface area contributed by atoms with E-state index in [1.54, 1.807) is 12.1 Å². The molecular formula is C12H12ClFO3. The Bertz CT molecular complexity index is 469. The fraction of sp³-hybridized carbons (Fsp3) is 0.417. The van der Waals surface area contributed by atoms with Crippen molar-refractivity contribution in [2.45, 2.75) is 24.7 Å². The van der Waals surface area contributed by atoms with Gasteiger partial charge in [0, 0.05) is 5.41 Å². The van der Waals surface area contributed by atoms with Crippen molar-refractivity contribution < 1.29 is 19.0 Å². The van der Waals surface area contributed by atoms with Crippen LogP contribution in [0.2, 0.25) is 5.02 Å². The van der Waals surface area contributed by atoms with Crippen LogP contribution in [0.25, 0.3) is 0 Å². The van der Waals surface area contributed by atoms with Crippen LogP contribution in [-0.4, -0.2) is 18.2 Å². The Labute approximate surface area is 103 Å². The maximum absolute atomic E-state index is 14.0. The fourth-order valence-corrected chi connectivity index (χ4v) is 2.32. The van der Waals surface area contributed by atoms with Gasteiger partial charge in [0.05, 0.1) is 13.5 Å². The largest absolute Gasteiger partial charge is 0.495 e. The highest BCUT2D eigenvalue weighted by molar-refractivity contribution is 6.32. The van der Waals surface area contributed by atoms with Crippen LogP contribution in [0.1, 0.15) is 24.8 Å². The smallest absolute Gasteiger partial charge is 0.304 e. The number of methoxy groups -OCH3 is 1. The fourth-order valence-electron chi connectivity index (χ4n) is 2.08. The van der Waals surface area contributed by atoms with Gasteiger partial charge in [-0.15, -0.1) is 0 Å². The monoisotopic (exact) mass is 258 g/mol. The molecule has 1 fully saturated rings. The number of hydrogen-bond donors (Lipinski definition) is 1. The van der Waals surface area contributed by atoms with Crippen LogP contribution in [0, 0.1) is 5.82 Å². The summed E-state index contributed by atoms with van der Waals surface area (Å²) in [6.07, 6.45) is 1.30. The van der Waals surface area contributed by atoms with Gasteiger partial charge in [-0.1, -0.05) is 17.7 Å². The van der Waals surface area contributed by atoms with E-state index in [1.807, 2.05) is 0 Å². The lowest BCUT2D eigenvalue weighted by molar-refractivity contribution is -0.137. The number of benzene rings is 1. The van der Waals surface area contributed by atoms with Crippen LogP contribution >= 0.6 is 11.6 Å². The number of rotatable bonds is 4. The highest BCUT2D eigenvalue weighted by Gasteiger charge is 2.48. The molecule has 3 nitrogen and oxygen atoms in total. The highest BCUT2D eigenvalue weighted by atomic mass is 35.5. The molecule has 1 aliphatic rings. The predicted octanol–water partition coefficient (Wildman–Crippen LogP) is 2.99. The Hall–Kier alpha value is -1.29. The van der Waals surface area contributed by atoms with Crippen LogP contribution in [0.15, 0.2) is 12.1 Å². The maximum Gasteiger partial charge on any atom is 0.304 e. The molecule has 0 heterocycles. The molecule has 5 heteroatoms. The Morgan fingerprint density at radius 3 is 2.71 bits per heavy atom. The SMILES string of the molecule is COc1ccc(C2(CC(=O)O)CC2)c(F)c1Cl. The van der Waals surface area contributed by atoms with Crippen molar-refractivity contribution in [3.63, 3.8) is 0 Å². The van der Waals surface area contributed by atoms with Gasteiger partial charge in [0.25, 0.3) is 0 Å². The summed E-state index contributed by atoms with van der Waals surface area (Å²) in [5, 5.41) is 8.75. The molecule has 1 N–H and O–H groups in total. The summed E-state index contributed by atoms with van der Waals surface area (Å²) in [7, 11) is 1.41. The van der Waals surface area contributed by atoms with Gasteiger partial charge in [0.2, 0.25) is 0 Å². The summed E-state index contributed by atoms with van der Waals surface area (Å²) in [6, 6.07) is 3.14. The van der Waals surface area contributed by atoms with Crippen LogP contribution in [0.3, 0.4) is 0 Å². The molecule has 17 heavy (non-hydrogen) atoms. The Kier molecular flexibility index (Phi) is 3.00. The lowest BCUT2D eigenvalue weighted by Crippen LogP contribution is -2.15. The van der Waals surface area contributed by atoms with E-state index in [4.69, 9.17) is 21.4 Å². The Morgan fingerprint density at radius 1 is 1.59 bits per heavy atom. The molecule has 92 valence electrons. The molecule has 0 bridgehead atoms. The molecular weight excluding hydrogens is 247 g/mol. The molecule has 0 aromatic heterocycles. The zero-order valence-electron chi connectivity index (χ0n) is 9.30. The lowest BCUT2D eigenvalue weighted by Gasteiger charge is -2.16. The topological polar surface area (TPSA) is 46.5 Å². The third-order valence-electron chi connectivity index (χ3n) is 3.18. The van der Waals surface area contributed by atoms with E-state index >= 15 is 0 Å². The van der Waals surface area contributed by atoms with Crippen LogP contribution in [0.4, 0.5) is 4.39 Å². The van der Waals surface area contributed by atoms with E-state index in [1.165, 1.54) is 7.11 Å². The molecule has 2 rings (SSSR count). The first kappa shape index (κ1) is 12.2. The minimum atomic E-state index is -0.922.